The molecule has 1 amide bonds. The lowest BCUT2D eigenvalue weighted by molar-refractivity contribution is -0.121. The molecule has 1 N–H and O–H groups in total. The van der Waals surface area contributed by atoms with Crippen LogP contribution in [0.5, 0.6) is 0 Å². The van der Waals surface area contributed by atoms with E-state index in [2.05, 4.69) is 43.4 Å². The van der Waals surface area contributed by atoms with Crippen LogP contribution in [0, 0.1) is 0 Å². The molecule has 1 rings (SSSR count). The molecule has 0 aliphatic rings. The quantitative estimate of drug-likeness (QED) is 0.413. The Hall–Kier alpha value is -1.31. The van der Waals surface area contributed by atoms with Gasteiger partial charge in [-0.15, -0.1) is 0 Å². The topological polar surface area (TPSA) is 29.1 Å². The van der Waals surface area contributed by atoms with E-state index in [4.69, 9.17) is 0 Å². The summed E-state index contributed by atoms with van der Waals surface area (Å²) in [5, 5.41) is 3.14. The lowest BCUT2D eigenvalue weighted by atomic mass is 10.1. The van der Waals surface area contributed by atoms with Crippen molar-refractivity contribution in [1.29, 1.82) is 0 Å². The summed E-state index contributed by atoms with van der Waals surface area (Å²) in [6, 6.07) is 10.7. The maximum atomic E-state index is 12.0. The summed E-state index contributed by atoms with van der Waals surface area (Å²) in [5.74, 6) is 0.221. The van der Waals surface area contributed by atoms with E-state index in [1.807, 2.05) is 6.07 Å². The van der Waals surface area contributed by atoms with Crippen LogP contribution in [0.2, 0.25) is 0 Å². The molecular weight excluding hydrogens is 294 g/mol. The van der Waals surface area contributed by atoms with Gasteiger partial charge in [-0.1, -0.05) is 88.6 Å². The van der Waals surface area contributed by atoms with Gasteiger partial charge in [0.05, 0.1) is 0 Å². The van der Waals surface area contributed by atoms with Gasteiger partial charge >= 0.3 is 0 Å². The molecule has 1 aromatic rings. The molecule has 0 aliphatic heterocycles. The first-order valence-electron chi connectivity index (χ1n) is 10.1. The standard InChI is InChI=1S/C22H37NO/c1-3-4-5-6-7-8-9-10-14-17-22(24)23-20(2)18-19-21-15-12-11-13-16-21/h11-13,15-16,20H,3-10,14,17-19H2,1-2H3,(H,23,24). The smallest absolute Gasteiger partial charge is 0.220 e. The molecule has 0 saturated carbocycles. The van der Waals surface area contributed by atoms with Gasteiger partial charge in [-0.3, -0.25) is 4.79 Å². The van der Waals surface area contributed by atoms with Crippen LogP contribution in [0.4, 0.5) is 0 Å². The Morgan fingerprint density at radius 3 is 2.12 bits per heavy atom. The molecule has 0 aliphatic carbocycles. The number of rotatable bonds is 14. The fourth-order valence-electron chi connectivity index (χ4n) is 3.04. The third-order valence-corrected chi connectivity index (χ3v) is 4.62. The molecule has 0 spiro atoms. The second kappa shape index (κ2) is 14.1. The number of unbranched alkanes of at least 4 members (excludes halogenated alkanes) is 8. The zero-order chi connectivity index (χ0) is 17.5. The lowest BCUT2D eigenvalue weighted by Gasteiger charge is -2.14. The summed E-state index contributed by atoms with van der Waals surface area (Å²) in [6.07, 6.45) is 14.4. The van der Waals surface area contributed by atoms with E-state index in [0.29, 0.717) is 6.42 Å². The van der Waals surface area contributed by atoms with Crippen molar-refractivity contribution in [3.8, 4) is 0 Å². The highest BCUT2D eigenvalue weighted by atomic mass is 16.1. The van der Waals surface area contributed by atoms with Crippen LogP contribution >= 0.6 is 0 Å². The fraction of sp³-hybridized carbons (Fsp3) is 0.682. The molecule has 0 aromatic heterocycles. The highest BCUT2D eigenvalue weighted by Gasteiger charge is 2.07. The van der Waals surface area contributed by atoms with Gasteiger partial charge in [0.25, 0.3) is 0 Å². The van der Waals surface area contributed by atoms with Crippen LogP contribution in [-0.4, -0.2) is 11.9 Å². The van der Waals surface area contributed by atoms with E-state index in [-0.39, 0.29) is 11.9 Å². The van der Waals surface area contributed by atoms with E-state index >= 15 is 0 Å². The van der Waals surface area contributed by atoms with E-state index in [0.717, 1.165) is 19.3 Å². The van der Waals surface area contributed by atoms with Crippen LogP contribution in [0.3, 0.4) is 0 Å². The monoisotopic (exact) mass is 331 g/mol. The van der Waals surface area contributed by atoms with Crippen LogP contribution < -0.4 is 5.32 Å². The first-order valence-corrected chi connectivity index (χ1v) is 10.1. The van der Waals surface area contributed by atoms with Gasteiger partial charge in [0.15, 0.2) is 0 Å². The first-order chi connectivity index (χ1) is 11.7. The molecule has 136 valence electrons. The predicted molar refractivity (Wildman–Crippen MR) is 104 cm³/mol. The molecule has 1 aromatic carbocycles. The Morgan fingerprint density at radius 2 is 1.50 bits per heavy atom. The number of carbonyl (C=O) groups is 1. The van der Waals surface area contributed by atoms with E-state index in [9.17, 15) is 4.79 Å². The van der Waals surface area contributed by atoms with Gasteiger partial charge in [-0.05, 0) is 31.7 Å². The molecule has 1 atom stereocenters. The Morgan fingerprint density at radius 1 is 0.917 bits per heavy atom. The van der Waals surface area contributed by atoms with Gasteiger partial charge in [0.1, 0.15) is 0 Å². The Bertz CT molecular complexity index is 415. The SMILES string of the molecule is CCCCCCCCCCCC(=O)NC(C)CCc1ccccc1. The van der Waals surface area contributed by atoms with Crippen LogP contribution in [0.15, 0.2) is 30.3 Å². The summed E-state index contributed by atoms with van der Waals surface area (Å²) in [7, 11) is 0. The number of hydrogen-bond acceptors (Lipinski definition) is 1. The lowest BCUT2D eigenvalue weighted by Crippen LogP contribution is -2.32. The second-order valence-electron chi connectivity index (χ2n) is 7.07. The zero-order valence-electron chi connectivity index (χ0n) is 15.9. The van der Waals surface area contributed by atoms with Gasteiger partial charge in [0, 0.05) is 12.5 Å². The number of aryl methyl sites for hydroxylation is 1. The predicted octanol–water partition coefficient (Wildman–Crippen LogP) is 6.04. The van der Waals surface area contributed by atoms with Gasteiger partial charge in [0.2, 0.25) is 5.91 Å². The Balaban J connectivity index is 1.95. The average molecular weight is 332 g/mol. The average Bonchev–Trinajstić information content (AvgIpc) is 2.59. The van der Waals surface area contributed by atoms with E-state index in [1.54, 1.807) is 0 Å². The van der Waals surface area contributed by atoms with Crippen LogP contribution in [0.1, 0.15) is 90.0 Å². The maximum absolute atomic E-state index is 12.0. The van der Waals surface area contributed by atoms with Crippen molar-refractivity contribution in [3.05, 3.63) is 35.9 Å². The van der Waals surface area contributed by atoms with Gasteiger partial charge in [-0.25, -0.2) is 0 Å². The van der Waals surface area contributed by atoms with Crippen molar-refractivity contribution in [2.45, 2.75) is 96.9 Å². The molecule has 0 bridgehead atoms. The minimum Gasteiger partial charge on any atom is -0.354 e. The molecule has 0 fully saturated rings. The third-order valence-electron chi connectivity index (χ3n) is 4.62. The van der Waals surface area contributed by atoms with Crippen molar-refractivity contribution in [2.24, 2.45) is 0 Å². The van der Waals surface area contributed by atoms with E-state index in [1.165, 1.54) is 56.9 Å². The number of hydrogen-bond donors (Lipinski definition) is 1. The molecule has 1 unspecified atom stereocenters. The highest BCUT2D eigenvalue weighted by molar-refractivity contribution is 5.76. The summed E-state index contributed by atoms with van der Waals surface area (Å²) in [5.41, 5.74) is 1.34. The largest absolute Gasteiger partial charge is 0.354 e. The van der Waals surface area contributed by atoms with E-state index < -0.39 is 0 Å². The zero-order valence-corrected chi connectivity index (χ0v) is 15.9. The third kappa shape index (κ3) is 11.3. The van der Waals surface area contributed by atoms with Crippen molar-refractivity contribution in [3.63, 3.8) is 0 Å². The summed E-state index contributed by atoms with van der Waals surface area (Å²) >= 11 is 0. The number of benzene rings is 1. The van der Waals surface area contributed by atoms with Crippen molar-refractivity contribution in [1.82, 2.24) is 5.32 Å². The second-order valence-corrected chi connectivity index (χ2v) is 7.07. The fourth-order valence-corrected chi connectivity index (χ4v) is 3.04. The molecular formula is C22H37NO. The van der Waals surface area contributed by atoms with Gasteiger partial charge < -0.3 is 5.32 Å². The Labute approximate surface area is 149 Å². The minimum atomic E-state index is 0.221. The summed E-state index contributed by atoms with van der Waals surface area (Å²) in [4.78, 5) is 12.0. The maximum Gasteiger partial charge on any atom is 0.220 e. The molecule has 0 radical (unpaired) electrons. The molecule has 0 heterocycles. The van der Waals surface area contributed by atoms with Crippen molar-refractivity contribution >= 4 is 5.91 Å². The minimum absolute atomic E-state index is 0.221. The summed E-state index contributed by atoms with van der Waals surface area (Å²) < 4.78 is 0. The normalized spacial score (nSPS) is 12.1. The van der Waals surface area contributed by atoms with Gasteiger partial charge in [-0.2, -0.15) is 0 Å². The first kappa shape index (κ1) is 20.7. The molecule has 2 nitrogen and oxygen atoms in total. The van der Waals surface area contributed by atoms with Crippen molar-refractivity contribution in [2.75, 3.05) is 0 Å². The number of carbonyl (C=O) groups excluding carboxylic acids is 1. The molecule has 24 heavy (non-hydrogen) atoms. The molecule has 2 heteroatoms. The summed E-state index contributed by atoms with van der Waals surface area (Å²) in [6.45, 7) is 4.37. The number of amides is 1. The van der Waals surface area contributed by atoms with Crippen molar-refractivity contribution < 1.29 is 4.79 Å². The number of nitrogens with one attached hydrogen (secondary N) is 1. The van der Waals surface area contributed by atoms with Crippen LogP contribution in [-0.2, 0) is 11.2 Å². The Kier molecular flexibility index (Phi) is 12.2. The van der Waals surface area contributed by atoms with Crippen LogP contribution in [0.25, 0.3) is 0 Å². The highest BCUT2D eigenvalue weighted by Crippen LogP contribution is 2.11. The molecule has 0 saturated heterocycles.